The fraction of sp³-hybridized carbons (Fsp3) is 0.750. The Hall–Kier alpha value is -0.790. The van der Waals surface area contributed by atoms with E-state index in [1.54, 1.807) is 0 Å². The number of hydrazone groups is 1. The Morgan fingerprint density at radius 2 is 2.14 bits per heavy atom. The van der Waals surface area contributed by atoms with E-state index in [0.29, 0.717) is 5.41 Å². The van der Waals surface area contributed by atoms with E-state index < -0.39 is 0 Å². The van der Waals surface area contributed by atoms with E-state index in [0.717, 1.165) is 13.0 Å². The van der Waals surface area contributed by atoms with Crippen LogP contribution in [0.5, 0.6) is 0 Å². The molecule has 0 radical (unpaired) electrons. The molecule has 2 aliphatic rings. The van der Waals surface area contributed by atoms with Gasteiger partial charge in [-0.3, -0.25) is 5.01 Å². The predicted molar refractivity (Wildman–Crippen MR) is 60.1 cm³/mol. The molecule has 78 valence electrons. The van der Waals surface area contributed by atoms with Crippen molar-refractivity contribution in [3.8, 4) is 0 Å². The van der Waals surface area contributed by atoms with Crippen LogP contribution < -0.4 is 0 Å². The van der Waals surface area contributed by atoms with Crippen LogP contribution in [0.15, 0.2) is 16.9 Å². The Labute approximate surface area is 86.7 Å². The Morgan fingerprint density at radius 3 is 2.93 bits per heavy atom. The van der Waals surface area contributed by atoms with Crippen molar-refractivity contribution in [3.63, 3.8) is 0 Å². The van der Waals surface area contributed by atoms with E-state index >= 15 is 0 Å². The van der Waals surface area contributed by atoms with Gasteiger partial charge in [-0.1, -0.05) is 19.9 Å². The maximum absolute atomic E-state index is 4.61. The third-order valence-electron chi connectivity index (χ3n) is 3.31. The average Bonchev–Trinajstić information content (AvgIpc) is 2.26. The zero-order valence-electron chi connectivity index (χ0n) is 9.51. The van der Waals surface area contributed by atoms with Gasteiger partial charge >= 0.3 is 0 Å². The van der Waals surface area contributed by atoms with E-state index in [1.165, 1.54) is 30.7 Å². The summed E-state index contributed by atoms with van der Waals surface area (Å²) >= 11 is 0. The highest BCUT2D eigenvalue weighted by atomic mass is 15.5. The molecule has 0 N–H and O–H groups in total. The van der Waals surface area contributed by atoms with Crippen LogP contribution in [-0.2, 0) is 0 Å². The highest BCUT2D eigenvalue weighted by molar-refractivity contribution is 5.83. The molecule has 0 aromatic carbocycles. The van der Waals surface area contributed by atoms with Gasteiger partial charge in [-0.15, -0.1) is 0 Å². The lowest BCUT2D eigenvalue weighted by molar-refractivity contribution is 0.288. The van der Waals surface area contributed by atoms with Crippen LogP contribution in [0.1, 0.15) is 46.5 Å². The first-order valence-corrected chi connectivity index (χ1v) is 5.57. The number of hydrogen-bond acceptors (Lipinski definition) is 2. The van der Waals surface area contributed by atoms with Gasteiger partial charge in [0.05, 0.1) is 0 Å². The van der Waals surface area contributed by atoms with Gasteiger partial charge in [0.15, 0.2) is 0 Å². The highest BCUT2D eigenvalue weighted by Crippen LogP contribution is 2.34. The van der Waals surface area contributed by atoms with Crippen LogP contribution in [0.2, 0.25) is 0 Å². The summed E-state index contributed by atoms with van der Waals surface area (Å²) in [7, 11) is 0. The fourth-order valence-corrected chi connectivity index (χ4v) is 2.11. The van der Waals surface area contributed by atoms with Gasteiger partial charge in [-0.25, -0.2) is 0 Å². The van der Waals surface area contributed by atoms with Crippen molar-refractivity contribution in [1.29, 1.82) is 0 Å². The molecule has 2 nitrogen and oxygen atoms in total. The van der Waals surface area contributed by atoms with E-state index in [2.05, 4.69) is 37.0 Å². The SMILES string of the molecule is CC1=NN2CCC(C)(C)CCC2=CC1. The summed E-state index contributed by atoms with van der Waals surface area (Å²) in [6.07, 6.45) is 7.14. The molecule has 2 rings (SSSR count). The maximum Gasteiger partial charge on any atom is 0.0417 e. The van der Waals surface area contributed by atoms with Crippen LogP contribution in [0, 0.1) is 5.41 Å². The molecule has 0 saturated carbocycles. The molecule has 1 saturated heterocycles. The molecule has 0 spiro atoms. The van der Waals surface area contributed by atoms with Crippen LogP contribution in [0.3, 0.4) is 0 Å². The standard InChI is InChI=1S/C12H20N2/c1-10-4-5-11-6-7-12(2,3)8-9-14(11)13-10/h5H,4,6-9H2,1-3H3. The second-order valence-corrected chi connectivity index (χ2v) is 5.27. The third-order valence-corrected chi connectivity index (χ3v) is 3.31. The zero-order chi connectivity index (χ0) is 10.2. The summed E-state index contributed by atoms with van der Waals surface area (Å²) in [4.78, 5) is 0. The van der Waals surface area contributed by atoms with Gasteiger partial charge in [0.1, 0.15) is 0 Å². The molecule has 2 aliphatic heterocycles. The summed E-state index contributed by atoms with van der Waals surface area (Å²) in [5.74, 6) is 0. The molecule has 1 fully saturated rings. The van der Waals surface area contributed by atoms with Crippen LogP contribution >= 0.6 is 0 Å². The molecule has 0 aromatic heterocycles. The minimum absolute atomic E-state index is 0.488. The van der Waals surface area contributed by atoms with Gasteiger partial charge in [-0.2, -0.15) is 5.10 Å². The molecule has 0 atom stereocenters. The maximum atomic E-state index is 4.61. The average molecular weight is 192 g/mol. The molecular formula is C12H20N2. The number of fused-ring (bicyclic) bond motifs is 1. The zero-order valence-corrected chi connectivity index (χ0v) is 9.51. The minimum atomic E-state index is 0.488. The number of nitrogens with zero attached hydrogens (tertiary/aromatic N) is 2. The Balaban J connectivity index is 2.14. The van der Waals surface area contributed by atoms with E-state index in [-0.39, 0.29) is 0 Å². The van der Waals surface area contributed by atoms with Crippen molar-refractivity contribution in [1.82, 2.24) is 5.01 Å². The smallest absolute Gasteiger partial charge is 0.0417 e. The van der Waals surface area contributed by atoms with Gasteiger partial charge in [0.25, 0.3) is 0 Å². The Morgan fingerprint density at radius 1 is 1.36 bits per heavy atom. The van der Waals surface area contributed by atoms with Crippen molar-refractivity contribution >= 4 is 5.71 Å². The second-order valence-electron chi connectivity index (χ2n) is 5.27. The summed E-state index contributed by atoms with van der Waals surface area (Å²) in [5, 5.41) is 6.83. The number of hydrogen-bond donors (Lipinski definition) is 0. The molecule has 2 heterocycles. The van der Waals surface area contributed by atoms with Crippen molar-refractivity contribution in [2.75, 3.05) is 6.54 Å². The summed E-state index contributed by atoms with van der Waals surface area (Å²) in [5.41, 5.74) is 3.18. The van der Waals surface area contributed by atoms with Crippen molar-refractivity contribution in [3.05, 3.63) is 11.8 Å². The Bertz CT molecular complexity index is 287. The second kappa shape index (κ2) is 3.41. The minimum Gasteiger partial charge on any atom is -0.270 e. The van der Waals surface area contributed by atoms with Crippen molar-refractivity contribution < 1.29 is 0 Å². The van der Waals surface area contributed by atoms with E-state index in [4.69, 9.17) is 0 Å². The predicted octanol–water partition coefficient (Wildman–Crippen LogP) is 3.16. The summed E-state index contributed by atoms with van der Waals surface area (Å²) < 4.78 is 0. The largest absolute Gasteiger partial charge is 0.270 e. The van der Waals surface area contributed by atoms with Crippen molar-refractivity contribution in [2.45, 2.75) is 46.5 Å². The molecule has 2 heteroatoms. The first-order chi connectivity index (χ1) is 6.57. The van der Waals surface area contributed by atoms with Gasteiger partial charge in [-0.05, 0) is 31.6 Å². The van der Waals surface area contributed by atoms with Gasteiger partial charge < -0.3 is 0 Å². The molecule has 0 aliphatic carbocycles. The van der Waals surface area contributed by atoms with Crippen molar-refractivity contribution in [2.24, 2.45) is 10.5 Å². The molecular weight excluding hydrogens is 172 g/mol. The molecule has 0 bridgehead atoms. The van der Waals surface area contributed by atoms with Gasteiger partial charge in [0, 0.05) is 24.4 Å². The van der Waals surface area contributed by atoms with Crippen LogP contribution in [-0.4, -0.2) is 17.3 Å². The molecule has 0 amide bonds. The lowest BCUT2D eigenvalue weighted by atomic mass is 9.85. The van der Waals surface area contributed by atoms with E-state index in [1.807, 2.05) is 0 Å². The summed E-state index contributed by atoms with van der Waals surface area (Å²) in [6.45, 7) is 7.94. The highest BCUT2D eigenvalue weighted by Gasteiger charge is 2.26. The fourth-order valence-electron chi connectivity index (χ4n) is 2.11. The monoisotopic (exact) mass is 192 g/mol. The first kappa shape index (κ1) is 9.75. The summed E-state index contributed by atoms with van der Waals surface area (Å²) in [6, 6.07) is 0. The molecule has 0 unspecified atom stereocenters. The first-order valence-electron chi connectivity index (χ1n) is 5.57. The lowest BCUT2D eigenvalue weighted by Gasteiger charge is -2.24. The van der Waals surface area contributed by atoms with Crippen LogP contribution in [0.25, 0.3) is 0 Å². The molecule has 14 heavy (non-hydrogen) atoms. The van der Waals surface area contributed by atoms with Gasteiger partial charge in [0.2, 0.25) is 0 Å². The lowest BCUT2D eigenvalue weighted by Crippen LogP contribution is -2.22. The van der Waals surface area contributed by atoms with E-state index in [9.17, 15) is 0 Å². The quantitative estimate of drug-likeness (QED) is 0.575. The third kappa shape index (κ3) is 1.99. The molecule has 0 aromatic rings. The number of allylic oxidation sites excluding steroid dienone is 2. The Kier molecular flexibility index (Phi) is 2.38. The topological polar surface area (TPSA) is 15.6 Å². The van der Waals surface area contributed by atoms with Crippen LogP contribution in [0.4, 0.5) is 0 Å². The number of rotatable bonds is 0. The normalized spacial score (nSPS) is 26.1.